The van der Waals surface area contributed by atoms with E-state index < -0.39 is 10.0 Å². The molecule has 1 aromatic heterocycles. The Bertz CT molecular complexity index is 709. The second kappa shape index (κ2) is 6.17. The molecular formula is C14H18N2O4S. The lowest BCUT2D eigenvalue weighted by molar-refractivity contribution is 0.320. The zero-order chi connectivity index (χ0) is 15.5. The zero-order valence-electron chi connectivity index (χ0n) is 12.2. The predicted molar refractivity (Wildman–Crippen MR) is 78.3 cm³/mol. The lowest BCUT2D eigenvalue weighted by Gasteiger charge is -2.15. The Morgan fingerprint density at radius 3 is 2.38 bits per heavy atom. The quantitative estimate of drug-likeness (QED) is 0.818. The van der Waals surface area contributed by atoms with Crippen LogP contribution in [0.1, 0.15) is 19.4 Å². The van der Waals surface area contributed by atoms with Gasteiger partial charge in [-0.3, -0.25) is 0 Å². The van der Waals surface area contributed by atoms with Crippen LogP contribution >= 0.6 is 0 Å². The maximum Gasteiger partial charge on any atom is 0.286 e. The van der Waals surface area contributed by atoms with Crippen LogP contribution in [0.3, 0.4) is 0 Å². The van der Waals surface area contributed by atoms with Gasteiger partial charge in [-0.15, -0.1) is 0 Å². The molecule has 21 heavy (non-hydrogen) atoms. The molecule has 0 saturated heterocycles. The van der Waals surface area contributed by atoms with E-state index in [2.05, 4.69) is 5.10 Å². The molecule has 0 bridgehead atoms. The molecule has 2 rings (SSSR count). The van der Waals surface area contributed by atoms with E-state index in [-0.39, 0.29) is 4.90 Å². The molecule has 0 atom stereocenters. The third kappa shape index (κ3) is 3.02. The minimum Gasteiger partial charge on any atom is -0.494 e. The standard InChI is InChI=1S/C14H18N2O4S/c1-4-19-12-10-14(13(20-5-2)9-11(12)3)21(17,18)16-8-6-7-15-16/h6-10H,4-5H2,1-3H3. The summed E-state index contributed by atoms with van der Waals surface area (Å²) in [6, 6.07) is 4.71. The SMILES string of the molecule is CCOc1cc(S(=O)(=O)n2cccn2)c(OCC)cc1C. The molecule has 0 fully saturated rings. The molecule has 0 amide bonds. The maximum absolute atomic E-state index is 12.6. The third-order valence-corrected chi connectivity index (χ3v) is 4.43. The smallest absolute Gasteiger partial charge is 0.286 e. The Labute approximate surface area is 124 Å². The van der Waals surface area contributed by atoms with Gasteiger partial charge < -0.3 is 9.47 Å². The van der Waals surface area contributed by atoms with Crippen LogP contribution in [0.25, 0.3) is 0 Å². The summed E-state index contributed by atoms with van der Waals surface area (Å²) in [6.07, 6.45) is 2.79. The second-order valence-electron chi connectivity index (χ2n) is 4.31. The highest BCUT2D eigenvalue weighted by molar-refractivity contribution is 7.90. The fourth-order valence-electron chi connectivity index (χ4n) is 1.92. The summed E-state index contributed by atoms with van der Waals surface area (Å²) in [5.74, 6) is 0.820. The van der Waals surface area contributed by atoms with Crippen LogP contribution in [-0.2, 0) is 10.0 Å². The zero-order valence-corrected chi connectivity index (χ0v) is 13.1. The van der Waals surface area contributed by atoms with Crippen molar-refractivity contribution >= 4 is 10.0 Å². The number of aromatic nitrogens is 2. The first kappa shape index (κ1) is 15.4. The summed E-state index contributed by atoms with van der Waals surface area (Å²) < 4.78 is 37.1. The average Bonchev–Trinajstić information content (AvgIpc) is 2.96. The van der Waals surface area contributed by atoms with Gasteiger partial charge in [0, 0.05) is 12.3 Å². The van der Waals surface area contributed by atoms with E-state index in [4.69, 9.17) is 9.47 Å². The lowest BCUT2D eigenvalue weighted by atomic mass is 10.2. The Kier molecular flexibility index (Phi) is 4.52. The molecule has 0 aliphatic rings. The highest BCUT2D eigenvalue weighted by atomic mass is 32.2. The highest BCUT2D eigenvalue weighted by Gasteiger charge is 2.24. The van der Waals surface area contributed by atoms with Crippen molar-refractivity contribution in [1.82, 2.24) is 9.19 Å². The van der Waals surface area contributed by atoms with Crippen molar-refractivity contribution in [3.8, 4) is 11.5 Å². The molecule has 7 heteroatoms. The number of nitrogens with zero attached hydrogens (tertiary/aromatic N) is 2. The fraction of sp³-hybridized carbons (Fsp3) is 0.357. The van der Waals surface area contributed by atoms with Gasteiger partial charge in [-0.05, 0) is 38.5 Å². The van der Waals surface area contributed by atoms with E-state index in [0.717, 1.165) is 9.65 Å². The first-order valence-electron chi connectivity index (χ1n) is 6.66. The van der Waals surface area contributed by atoms with E-state index in [0.29, 0.717) is 24.7 Å². The number of aryl methyl sites for hydroxylation is 1. The van der Waals surface area contributed by atoms with Gasteiger partial charge in [-0.25, -0.2) is 0 Å². The summed E-state index contributed by atoms with van der Waals surface area (Å²) in [4.78, 5) is 0.0436. The van der Waals surface area contributed by atoms with Crippen molar-refractivity contribution in [3.05, 3.63) is 36.2 Å². The summed E-state index contributed by atoms with van der Waals surface area (Å²) in [5, 5.41) is 3.80. The molecular weight excluding hydrogens is 292 g/mol. The number of ether oxygens (including phenoxy) is 2. The molecule has 0 radical (unpaired) electrons. The molecule has 2 aromatic rings. The highest BCUT2D eigenvalue weighted by Crippen LogP contribution is 2.33. The van der Waals surface area contributed by atoms with Gasteiger partial charge in [0.2, 0.25) is 0 Å². The van der Waals surface area contributed by atoms with E-state index >= 15 is 0 Å². The van der Waals surface area contributed by atoms with E-state index in [1.54, 1.807) is 19.1 Å². The van der Waals surface area contributed by atoms with Gasteiger partial charge in [0.15, 0.2) is 0 Å². The summed E-state index contributed by atoms with van der Waals surface area (Å²) in [6.45, 7) is 6.32. The topological polar surface area (TPSA) is 70.4 Å². The van der Waals surface area contributed by atoms with Crippen LogP contribution in [0.4, 0.5) is 0 Å². The van der Waals surface area contributed by atoms with Crippen LogP contribution in [-0.4, -0.2) is 30.8 Å². The van der Waals surface area contributed by atoms with Crippen LogP contribution in [0, 0.1) is 6.92 Å². The Hall–Kier alpha value is -2.02. The molecule has 0 N–H and O–H groups in total. The fourth-order valence-corrected chi connectivity index (χ4v) is 3.16. The maximum atomic E-state index is 12.6. The molecule has 0 saturated carbocycles. The molecule has 114 valence electrons. The van der Waals surface area contributed by atoms with Crippen LogP contribution in [0.2, 0.25) is 0 Å². The number of rotatable bonds is 6. The van der Waals surface area contributed by atoms with E-state index in [1.807, 2.05) is 13.8 Å². The summed E-state index contributed by atoms with van der Waals surface area (Å²) in [5.41, 5.74) is 0.819. The van der Waals surface area contributed by atoms with E-state index in [1.165, 1.54) is 18.5 Å². The van der Waals surface area contributed by atoms with Crippen molar-refractivity contribution in [3.63, 3.8) is 0 Å². The van der Waals surface area contributed by atoms with Crippen molar-refractivity contribution in [2.24, 2.45) is 0 Å². The molecule has 1 aromatic carbocycles. The molecule has 0 spiro atoms. The molecule has 0 aliphatic carbocycles. The first-order chi connectivity index (χ1) is 10.0. The summed E-state index contributed by atoms with van der Waals surface area (Å²) >= 11 is 0. The van der Waals surface area contributed by atoms with Crippen LogP contribution < -0.4 is 9.47 Å². The average molecular weight is 310 g/mol. The third-order valence-electron chi connectivity index (χ3n) is 2.85. The lowest BCUT2D eigenvalue weighted by Crippen LogP contribution is -2.15. The van der Waals surface area contributed by atoms with Gasteiger partial charge in [-0.2, -0.15) is 17.6 Å². The first-order valence-corrected chi connectivity index (χ1v) is 8.10. The predicted octanol–water partition coefficient (Wildman–Crippen LogP) is 2.23. The minimum atomic E-state index is -3.81. The van der Waals surface area contributed by atoms with E-state index in [9.17, 15) is 8.42 Å². The molecule has 6 nitrogen and oxygen atoms in total. The van der Waals surface area contributed by atoms with Gasteiger partial charge in [0.05, 0.1) is 19.4 Å². The minimum absolute atomic E-state index is 0.0436. The van der Waals surface area contributed by atoms with Gasteiger partial charge in [-0.1, -0.05) is 0 Å². The van der Waals surface area contributed by atoms with Crippen LogP contribution in [0.15, 0.2) is 35.5 Å². The van der Waals surface area contributed by atoms with Crippen molar-refractivity contribution in [2.75, 3.05) is 13.2 Å². The van der Waals surface area contributed by atoms with Gasteiger partial charge in [0.1, 0.15) is 16.4 Å². The molecule has 1 heterocycles. The summed E-state index contributed by atoms with van der Waals surface area (Å²) in [7, 11) is -3.81. The molecule has 0 unspecified atom stereocenters. The Morgan fingerprint density at radius 1 is 1.14 bits per heavy atom. The number of hydrogen-bond acceptors (Lipinski definition) is 5. The monoisotopic (exact) mass is 310 g/mol. The molecule has 0 aliphatic heterocycles. The second-order valence-corrected chi connectivity index (χ2v) is 6.08. The van der Waals surface area contributed by atoms with Gasteiger partial charge >= 0.3 is 0 Å². The van der Waals surface area contributed by atoms with Crippen molar-refractivity contribution in [1.29, 1.82) is 0 Å². The number of hydrogen-bond donors (Lipinski definition) is 0. The van der Waals surface area contributed by atoms with Crippen molar-refractivity contribution < 1.29 is 17.9 Å². The number of benzene rings is 1. The van der Waals surface area contributed by atoms with Crippen LogP contribution in [0.5, 0.6) is 11.5 Å². The van der Waals surface area contributed by atoms with Crippen molar-refractivity contribution in [2.45, 2.75) is 25.7 Å². The normalized spacial score (nSPS) is 11.4. The largest absolute Gasteiger partial charge is 0.494 e. The Morgan fingerprint density at radius 2 is 1.81 bits per heavy atom. The van der Waals surface area contributed by atoms with Gasteiger partial charge in [0.25, 0.3) is 10.0 Å². The Balaban J connectivity index is 2.62.